The quantitative estimate of drug-likeness (QED) is 0.497. The third-order valence-electron chi connectivity index (χ3n) is 3.67. The highest BCUT2D eigenvalue weighted by Gasteiger charge is 2.21. The van der Waals surface area contributed by atoms with Gasteiger partial charge in [-0.3, -0.25) is 4.79 Å². The van der Waals surface area contributed by atoms with Crippen molar-refractivity contribution in [2.45, 2.75) is 31.7 Å². The van der Waals surface area contributed by atoms with Crippen LogP contribution in [0.1, 0.15) is 25.7 Å². The van der Waals surface area contributed by atoms with Gasteiger partial charge < -0.3 is 26.4 Å². The molecule has 0 saturated carbocycles. The van der Waals surface area contributed by atoms with E-state index in [1.807, 2.05) is 0 Å². The van der Waals surface area contributed by atoms with Gasteiger partial charge in [0.05, 0.1) is 0 Å². The summed E-state index contributed by atoms with van der Waals surface area (Å²) in [6.07, 6.45) is 1.94. The van der Waals surface area contributed by atoms with Gasteiger partial charge in [-0.15, -0.1) is 0 Å². The second-order valence-corrected chi connectivity index (χ2v) is 5.50. The van der Waals surface area contributed by atoms with Gasteiger partial charge in [-0.1, -0.05) is 0 Å². The monoisotopic (exact) mass is 300 g/mol. The van der Waals surface area contributed by atoms with Gasteiger partial charge in [0.2, 0.25) is 5.91 Å². The Hall–Kier alpha value is -1.83. The average molecular weight is 300 g/mol. The van der Waals surface area contributed by atoms with Gasteiger partial charge in [0, 0.05) is 13.0 Å². The Kier molecular flexibility index (Phi) is 6.93. The lowest BCUT2D eigenvalue weighted by molar-refractivity contribution is -0.139. The molecule has 0 aromatic carbocycles. The molecule has 0 aromatic heterocycles. The molecule has 0 spiro atoms. The Morgan fingerprint density at radius 2 is 1.95 bits per heavy atom. The normalized spacial score (nSPS) is 18.0. The maximum Gasteiger partial charge on any atom is 0.326 e. The summed E-state index contributed by atoms with van der Waals surface area (Å²) in [5.41, 5.74) is 4.97. The average Bonchev–Trinajstić information content (AvgIpc) is 2.42. The van der Waals surface area contributed by atoms with Gasteiger partial charge in [0.25, 0.3) is 0 Å². The fourth-order valence-corrected chi connectivity index (χ4v) is 2.26. The van der Waals surface area contributed by atoms with Crippen molar-refractivity contribution in [2.24, 2.45) is 11.7 Å². The minimum Gasteiger partial charge on any atom is -0.480 e. The third-order valence-corrected chi connectivity index (χ3v) is 3.67. The number of hydrogen-bond donors (Lipinski definition) is 4. The van der Waals surface area contributed by atoms with Crippen molar-refractivity contribution in [1.82, 2.24) is 15.5 Å². The summed E-state index contributed by atoms with van der Waals surface area (Å²) in [6.45, 7) is 2.54. The van der Waals surface area contributed by atoms with Gasteiger partial charge in [0.1, 0.15) is 6.04 Å². The smallest absolute Gasteiger partial charge is 0.326 e. The summed E-state index contributed by atoms with van der Waals surface area (Å²) in [5, 5.41) is 14.0. The topological polar surface area (TPSA) is 125 Å². The molecule has 0 aliphatic carbocycles. The van der Waals surface area contributed by atoms with E-state index in [2.05, 4.69) is 22.6 Å². The van der Waals surface area contributed by atoms with Crippen molar-refractivity contribution in [1.29, 1.82) is 0 Å². The van der Waals surface area contributed by atoms with Crippen molar-refractivity contribution in [3.63, 3.8) is 0 Å². The Bertz CT molecular complexity index is 380. The number of nitrogens with one attached hydrogen (secondary N) is 2. The lowest BCUT2D eigenvalue weighted by Crippen LogP contribution is -2.48. The molecule has 1 saturated heterocycles. The van der Waals surface area contributed by atoms with Gasteiger partial charge in [-0.2, -0.15) is 0 Å². The number of hydrogen-bond acceptors (Lipinski definition) is 4. The fraction of sp³-hybridized carbons (Fsp3) is 0.769. The van der Waals surface area contributed by atoms with Gasteiger partial charge >= 0.3 is 12.0 Å². The number of carboxylic acids is 1. The first kappa shape index (κ1) is 17.2. The molecule has 5 N–H and O–H groups in total. The molecule has 1 heterocycles. The van der Waals surface area contributed by atoms with Gasteiger partial charge in [0.15, 0.2) is 0 Å². The van der Waals surface area contributed by atoms with E-state index in [4.69, 9.17) is 10.8 Å². The second kappa shape index (κ2) is 8.46. The maximum absolute atomic E-state index is 11.7. The van der Waals surface area contributed by atoms with Crippen LogP contribution in [0.5, 0.6) is 0 Å². The van der Waals surface area contributed by atoms with Gasteiger partial charge in [-0.05, 0) is 45.3 Å². The number of nitrogens with zero attached hydrogens (tertiary/aromatic N) is 1. The van der Waals surface area contributed by atoms with Gasteiger partial charge in [-0.25, -0.2) is 9.59 Å². The van der Waals surface area contributed by atoms with Crippen LogP contribution in [0.4, 0.5) is 4.79 Å². The Balaban J connectivity index is 2.29. The summed E-state index contributed by atoms with van der Waals surface area (Å²) < 4.78 is 0. The third kappa shape index (κ3) is 6.94. The minimum atomic E-state index is -1.18. The van der Waals surface area contributed by atoms with E-state index < -0.39 is 23.9 Å². The van der Waals surface area contributed by atoms with E-state index in [1.54, 1.807) is 0 Å². The van der Waals surface area contributed by atoms with Crippen LogP contribution in [-0.2, 0) is 9.59 Å². The summed E-state index contributed by atoms with van der Waals surface area (Å²) in [6, 6.07) is -1.62. The first-order valence-corrected chi connectivity index (χ1v) is 7.12. The van der Waals surface area contributed by atoms with Crippen LogP contribution in [0.3, 0.4) is 0 Å². The van der Waals surface area contributed by atoms with Crippen molar-refractivity contribution >= 4 is 17.9 Å². The zero-order valence-corrected chi connectivity index (χ0v) is 12.3. The first-order chi connectivity index (χ1) is 9.88. The summed E-state index contributed by atoms with van der Waals surface area (Å²) in [4.78, 5) is 35.6. The van der Waals surface area contributed by atoms with E-state index >= 15 is 0 Å². The molecular formula is C13H24N4O4. The molecule has 1 fully saturated rings. The van der Waals surface area contributed by atoms with E-state index in [9.17, 15) is 14.4 Å². The molecule has 8 heteroatoms. The number of nitrogens with two attached hydrogens (primary N) is 1. The number of urea groups is 1. The number of primary amides is 1. The van der Waals surface area contributed by atoms with Crippen molar-refractivity contribution < 1.29 is 19.5 Å². The standard InChI is InChI=1S/C13H24N4O4/c1-17-6-4-9(5-7-17)8-15-13(21)16-10(12(19)20)2-3-11(14)18/h9-10H,2-8H2,1H3,(H2,14,18)(H,19,20)(H2,15,16,21). The van der Waals surface area contributed by atoms with E-state index in [0.717, 1.165) is 25.9 Å². The number of likely N-dealkylation sites (tertiary alicyclic amines) is 1. The van der Waals surface area contributed by atoms with Crippen molar-refractivity contribution in [3.05, 3.63) is 0 Å². The molecule has 1 rings (SSSR count). The van der Waals surface area contributed by atoms with Crippen LogP contribution in [0, 0.1) is 5.92 Å². The summed E-state index contributed by atoms with van der Waals surface area (Å²) in [7, 11) is 2.06. The van der Waals surface area contributed by atoms with Crippen LogP contribution >= 0.6 is 0 Å². The highest BCUT2D eigenvalue weighted by Crippen LogP contribution is 2.14. The molecule has 8 nitrogen and oxygen atoms in total. The molecule has 0 radical (unpaired) electrons. The molecule has 1 unspecified atom stereocenters. The number of carbonyl (C=O) groups excluding carboxylic acids is 2. The van der Waals surface area contributed by atoms with Crippen molar-refractivity contribution in [3.8, 4) is 0 Å². The molecular weight excluding hydrogens is 276 g/mol. The number of rotatable bonds is 7. The SMILES string of the molecule is CN1CCC(CNC(=O)NC(CCC(N)=O)C(=O)O)CC1. The molecule has 1 atom stereocenters. The van der Waals surface area contributed by atoms with Crippen LogP contribution < -0.4 is 16.4 Å². The Labute approximate surface area is 124 Å². The first-order valence-electron chi connectivity index (χ1n) is 7.12. The number of carboxylic acid groups (broad SMARTS) is 1. The van der Waals surface area contributed by atoms with E-state index in [0.29, 0.717) is 12.5 Å². The predicted octanol–water partition coefficient (Wildman–Crippen LogP) is -0.654. The van der Waals surface area contributed by atoms with E-state index in [1.165, 1.54) is 0 Å². The van der Waals surface area contributed by atoms with E-state index in [-0.39, 0.29) is 12.8 Å². The van der Waals surface area contributed by atoms with Crippen molar-refractivity contribution in [2.75, 3.05) is 26.7 Å². The molecule has 1 aliphatic rings. The zero-order chi connectivity index (χ0) is 15.8. The number of piperidine rings is 1. The molecule has 21 heavy (non-hydrogen) atoms. The summed E-state index contributed by atoms with van der Waals surface area (Å²) in [5.74, 6) is -1.35. The molecule has 1 aliphatic heterocycles. The fourth-order valence-electron chi connectivity index (χ4n) is 2.26. The molecule has 0 aromatic rings. The Morgan fingerprint density at radius 3 is 2.48 bits per heavy atom. The Morgan fingerprint density at radius 1 is 1.33 bits per heavy atom. The van der Waals surface area contributed by atoms with Crippen LogP contribution in [-0.4, -0.2) is 60.6 Å². The molecule has 3 amide bonds. The van der Waals surface area contributed by atoms with Crippen LogP contribution in [0.2, 0.25) is 0 Å². The largest absolute Gasteiger partial charge is 0.480 e. The number of aliphatic carboxylic acids is 1. The lowest BCUT2D eigenvalue weighted by Gasteiger charge is -2.29. The second-order valence-electron chi connectivity index (χ2n) is 5.50. The molecule has 0 bridgehead atoms. The minimum absolute atomic E-state index is 0.00763. The predicted molar refractivity (Wildman–Crippen MR) is 76.6 cm³/mol. The zero-order valence-electron chi connectivity index (χ0n) is 12.3. The van der Waals surface area contributed by atoms with Crippen LogP contribution in [0.25, 0.3) is 0 Å². The number of carbonyl (C=O) groups is 3. The number of amides is 3. The molecule has 120 valence electrons. The lowest BCUT2D eigenvalue weighted by atomic mass is 9.97. The summed E-state index contributed by atoms with van der Waals surface area (Å²) >= 11 is 0. The van der Waals surface area contributed by atoms with Crippen LogP contribution in [0.15, 0.2) is 0 Å². The maximum atomic E-state index is 11.7. The highest BCUT2D eigenvalue weighted by atomic mass is 16.4. The highest BCUT2D eigenvalue weighted by molar-refractivity contribution is 5.83.